The number of aromatic nitrogens is 2. The van der Waals surface area contributed by atoms with Crippen LogP contribution in [0.15, 0.2) is 48.8 Å². The molecule has 208 valence electrons. The number of nitrogens with zero attached hydrogens (tertiary/aromatic N) is 4. The van der Waals surface area contributed by atoms with Crippen molar-refractivity contribution < 1.29 is 18.7 Å². The van der Waals surface area contributed by atoms with Crippen LogP contribution in [0.3, 0.4) is 0 Å². The molecular weight excluding hydrogens is 498 g/mol. The molecule has 39 heavy (non-hydrogen) atoms. The predicted molar refractivity (Wildman–Crippen MR) is 147 cm³/mol. The lowest BCUT2D eigenvalue weighted by molar-refractivity contribution is -0.145. The van der Waals surface area contributed by atoms with Crippen molar-refractivity contribution in [2.45, 2.75) is 62.9 Å². The zero-order chi connectivity index (χ0) is 26.9. The van der Waals surface area contributed by atoms with Crippen LogP contribution in [-0.2, 0) is 4.79 Å². The van der Waals surface area contributed by atoms with Crippen molar-refractivity contribution in [3.63, 3.8) is 0 Å². The number of imidazole rings is 1. The number of aliphatic carboxylic acids is 1. The second-order valence-corrected chi connectivity index (χ2v) is 11.9. The van der Waals surface area contributed by atoms with Crippen LogP contribution >= 0.6 is 0 Å². The highest BCUT2D eigenvalue weighted by molar-refractivity contribution is 5.75. The first kappa shape index (κ1) is 26.4. The molecule has 6 rings (SSSR count). The summed E-state index contributed by atoms with van der Waals surface area (Å²) < 4.78 is 29.6. The SMILES string of the molecule is O=C(O)[C@@H](C1CCCCC1)N1CC(c2ccccc2)[C@@H](CN2CCC(n3cnc4cc(F)c(F)cc43)CC2)C1. The van der Waals surface area contributed by atoms with E-state index in [0.717, 1.165) is 71.2 Å². The number of halogens is 2. The monoisotopic (exact) mass is 536 g/mol. The number of carboxylic acid groups (broad SMARTS) is 1. The quantitative estimate of drug-likeness (QED) is 0.420. The van der Waals surface area contributed by atoms with E-state index in [1.54, 1.807) is 6.33 Å². The van der Waals surface area contributed by atoms with Crippen molar-refractivity contribution in [2.24, 2.45) is 11.8 Å². The summed E-state index contributed by atoms with van der Waals surface area (Å²) in [6.07, 6.45) is 9.05. The smallest absolute Gasteiger partial charge is 0.321 e. The maximum Gasteiger partial charge on any atom is 0.321 e. The molecule has 2 aromatic carbocycles. The molecule has 1 saturated carbocycles. The maximum absolute atomic E-state index is 13.9. The van der Waals surface area contributed by atoms with Crippen molar-refractivity contribution in [3.8, 4) is 0 Å². The molecule has 2 saturated heterocycles. The lowest BCUT2D eigenvalue weighted by Crippen LogP contribution is -2.46. The van der Waals surface area contributed by atoms with Gasteiger partial charge in [0.1, 0.15) is 6.04 Å². The Kier molecular flexibility index (Phi) is 7.67. The molecule has 0 amide bonds. The van der Waals surface area contributed by atoms with E-state index in [9.17, 15) is 18.7 Å². The largest absolute Gasteiger partial charge is 0.480 e. The molecule has 3 fully saturated rings. The summed E-state index contributed by atoms with van der Waals surface area (Å²) in [5.41, 5.74) is 2.43. The predicted octanol–water partition coefficient (Wildman–Crippen LogP) is 5.70. The van der Waals surface area contributed by atoms with Crippen LogP contribution in [0.5, 0.6) is 0 Å². The fraction of sp³-hybridized carbons (Fsp3) is 0.548. The van der Waals surface area contributed by atoms with E-state index in [0.29, 0.717) is 22.9 Å². The van der Waals surface area contributed by atoms with Gasteiger partial charge in [-0.25, -0.2) is 13.8 Å². The molecule has 2 aliphatic heterocycles. The van der Waals surface area contributed by atoms with E-state index in [2.05, 4.69) is 39.0 Å². The van der Waals surface area contributed by atoms with Crippen molar-refractivity contribution in [3.05, 3.63) is 66.0 Å². The van der Waals surface area contributed by atoms with Crippen LogP contribution in [0.4, 0.5) is 8.78 Å². The van der Waals surface area contributed by atoms with Gasteiger partial charge in [0.05, 0.1) is 17.4 Å². The Hall–Kier alpha value is -2.84. The van der Waals surface area contributed by atoms with Crippen LogP contribution < -0.4 is 0 Å². The summed E-state index contributed by atoms with van der Waals surface area (Å²) in [6.45, 7) is 4.37. The van der Waals surface area contributed by atoms with E-state index in [1.807, 2.05) is 10.6 Å². The second-order valence-electron chi connectivity index (χ2n) is 11.9. The van der Waals surface area contributed by atoms with Gasteiger partial charge < -0.3 is 14.6 Å². The molecule has 3 heterocycles. The van der Waals surface area contributed by atoms with Gasteiger partial charge in [-0.05, 0) is 43.1 Å². The van der Waals surface area contributed by atoms with Crippen LogP contribution in [0.25, 0.3) is 11.0 Å². The Labute approximate surface area is 228 Å². The minimum atomic E-state index is -0.866. The molecule has 1 N–H and O–H groups in total. The Morgan fingerprint density at radius 2 is 1.69 bits per heavy atom. The number of rotatable bonds is 7. The van der Waals surface area contributed by atoms with E-state index in [1.165, 1.54) is 24.1 Å². The number of hydrogen-bond acceptors (Lipinski definition) is 4. The second kappa shape index (κ2) is 11.3. The third-order valence-electron chi connectivity index (χ3n) is 9.50. The summed E-state index contributed by atoms with van der Waals surface area (Å²) >= 11 is 0. The molecule has 1 aliphatic carbocycles. The van der Waals surface area contributed by atoms with E-state index in [4.69, 9.17) is 0 Å². The minimum Gasteiger partial charge on any atom is -0.480 e. The molecule has 0 spiro atoms. The van der Waals surface area contributed by atoms with Crippen molar-refractivity contribution in [2.75, 3.05) is 32.7 Å². The zero-order valence-electron chi connectivity index (χ0n) is 22.4. The van der Waals surface area contributed by atoms with Crippen LogP contribution in [0.1, 0.15) is 62.5 Å². The number of benzene rings is 2. The van der Waals surface area contributed by atoms with Gasteiger partial charge in [-0.2, -0.15) is 0 Å². The number of piperidine rings is 1. The topological polar surface area (TPSA) is 61.6 Å². The Bertz CT molecular complexity index is 1280. The molecule has 6 nitrogen and oxygen atoms in total. The highest BCUT2D eigenvalue weighted by atomic mass is 19.2. The minimum absolute atomic E-state index is 0.198. The van der Waals surface area contributed by atoms with E-state index < -0.39 is 23.6 Å². The fourth-order valence-corrected chi connectivity index (χ4v) is 7.53. The fourth-order valence-electron chi connectivity index (χ4n) is 7.53. The average Bonchev–Trinajstić information content (AvgIpc) is 3.54. The van der Waals surface area contributed by atoms with Gasteiger partial charge in [-0.15, -0.1) is 0 Å². The van der Waals surface area contributed by atoms with E-state index >= 15 is 0 Å². The van der Waals surface area contributed by atoms with Gasteiger partial charge in [0.25, 0.3) is 0 Å². The molecular formula is C31H38F2N4O2. The summed E-state index contributed by atoms with van der Waals surface area (Å²) in [5.74, 6) is -1.46. The number of carboxylic acids is 1. The first-order chi connectivity index (χ1) is 19.0. The average molecular weight is 537 g/mol. The van der Waals surface area contributed by atoms with Crippen molar-refractivity contribution >= 4 is 17.0 Å². The summed E-state index contributed by atoms with van der Waals surface area (Å²) in [5, 5.41) is 10.3. The molecule has 3 atom stereocenters. The highest BCUT2D eigenvalue weighted by Gasteiger charge is 2.43. The summed E-state index contributed by atoms with van der Waals surface area (Å²) in [4.78, 5) is 21.6. The van der Waals surface area contributed by atoms with Gasteiger partial charge in [0.2, 0.25) is 0 Å². The number of carbonyl (C=O) groups is 1. The van der Waals surface area contributed by atoms with Crippen LogP contribution in [0.2, 0.25) is 0 Å². The Morgan fingerprint density at radius 3 is 2.41 bits per heavy atom. The lowest BCUT2D eigenvalue weighted by Gasteiger charge is -2.36. The third kappa shape index (κ3) is 5.46. The number of hydrogen-bond donors (Lipinski definition) is 1. The lowest BCUT2D eigenvalue weighted by atomic mass is 9.83. The first-order valence-electron chi connectivity index (χ1n) is 14.5. The number of fused-ring (bicyclic) bond motifs is 1. The molecule has 1 unspecified atom stereocenters. The zero-order valence-corrected chi connectivity index (χ0v) is 22.4. The Balaban J connectivity index is 1.15. The molecule has 3 aromatic rings. The summed E-state index contributed by atoms with van der Waals surface area (Å²) in [6, 6.07) is 12.8. The van der Waals surface area contributed by atoms with Crippen LogP contribution in [0, 0.1) is 23.5 Å². The molecule has 3 aliphatic rings. The molecule has 1 aromatic heterocycles. The standard InChI is InChI=1S/C31H38F2N4O2/c32-26-15-28-29(16-27(26)33)37(20-34-28)24-11-13-35(14-12-24)17-23-18-36(19-25(23)21-7-3-1-4-8-21)30(31(38)39)22-9-5-2-6-10-22/h1,3-4,7-8,15-16,20,22-25,30H,2,5-6,9-14,17-19H2,(H,38,39)/t23-,25?,30+/m0/s1. The first-order valence-corrected chi connectivity index (χ1v) is 14.5. The van der Waals surface area contributed by atoms with Crippen molar-refractivity contribution in [1.29, 1.82) is 0 Å². The normalized spacial score (nSPS) is 24.9. The highest BCUT2D eigenvalue weighted by Crippen LogP contribution is 2.39. The maximum atomic E-state index is 13.9. The van der Waals surface area contributed by atoms with Gasteiger partial charge in [0.15, 0.2) is 11.6 Å². The van der Waals surface area contributed by atoms with Crippen molar-refractivity contribution in [1.82, 2.24) is 19.4 Å². The van der Waals surface area contributed by atoms with Gasteiger partial charge in [-0.3, -0.25) is 9.69 Å². The Morgan fingerprint density at radius 1 is 0.974 bits per heavy atom. The van der Waals surface area contributed by atoms with Gasteiger partial charge in [0, 0.05) is 56.8 Å². The molecule has 0 radical (unpaired) electrons. The third-order valence-corrected chi connectivity index (χ3v) is 9.50. The summed E-state index contributed by atoms with van der Waals surface area (Å²) in [7, 11) is 0. The van der Waals surface area contributed by atoms with Gasteiger partial charge >= 0.3 is 5.97 Å². The van der Waals surface area contributed by atoms with E-state index in [-0.39, 0.29) is 12.0 Å². The van der Waals surface area contributed by atoms with Crippen LogP contribution in [-0.4, -0.2) is 69.2 Å². The number of likely N-dealkylation sites (tertiary alicyclic amines) is 2. The molecule has 0 bridgehead atoms. The van der Waals surface area contributed by atoms with Gasteiger partial charge in [-0.1, -0.05) is 49.6 Å². The molecule has 8 heteroatoms.